The van der Waals surface area contributed by atoms with Crippen molar-refractivity contribution in [2.24, 2.45) is 17.1 Å². The van der Waals surface area contributed by atoms with E-state index >= 15 is 0 Å². The van der Waals surface area contributed by atoms with Crippen LogP contribution in [0.25, 0.3) is 0 Å². The van der Waals surface area contributed by atoms with Crippen LogP contribution in [0, 0.1) is 11.3 Å². The Balaban J connectivity index is 2.22. The minimum absolute atomic E-state index is 0.385. The van der Waals surface area contributed by atoms with Gasteiger partial charge in [0.05, 0.1) is 0 Å². The summed E-state index contributed by atoms with van der Waals surface area (Å²) in [6.07, 6.45) is 3.72. The highest BCUT2D eigenvalue weighted by Crippen LogP contribution is 2.63. The lowest BCUT2D eigenvalue weighted by Crippen LogP contribution is -2.05. The van der Waals surface area contributed by atoms with E-state index in [1.165, 1.54) is 5.56 Å². The maximum Gasteiger partial charge on any atom is 0.0270 e. The fourth-order valence-corrected chi connectivity index (χ4v) is 2.42. The molecule has 0 radical (unpaired) electrons. The first-order chi connectivity index (χ1) is 6.18. The molecule has 1 aromatic heterocycles. The molecule has 0 spiro atoms. The predicted molar refractivity (Wildman–Crippen MR) is 53.3 cm³/mol. The summed E-state index contributed by atoms with van der Waals surface area (Å²) in [4.78, 5) is 4.02. The minimum atomic E-state index is 0.385. The fraction of sp³-hybridized carbons (Fsp3) is 0.545. The fourth-order valence-electron chi connectivity index (χ4n) is 2.42. The van der Waals surface area contributed by atoms with Crippen LogP contribution in [0.1, 0.15) is 25.3 Å². The van der Waals surface area contributed by atoms with Crippen LogP contribution in [0.4, 0.5) is 0 Å². The van der Waals surface area contributed by atoms with Gasteiger partial charge < -0.3 is 5.73 Å². The van der Waals surface area contributed by atoms with Crippen LogP contribution in [-0.2, 0) is 0 Å². The van der Waals surface area contributed by atoms with E-state index in [1.807, 2.05) is 12.4 Å². The zero-order valence-corrected chi connectivity index (χ0v) is 8.20. The molecule has 0 amide bonds. The number of rotatable bonds is 2. The second kappa shape index (κ2) is 2.81. The van der Waals surface area contributed by atoms with Gasteiger partial charge in [-0.05, 0) is 41.5 Å². The summed E-state index contributed by atoms with van der Waals surface area (Å²) in [5.74, 6) is 1.29. The van der Waals surface area contributed by atoms with E-state index in [0.29, 0.717) is 17.3 Å². The molecule has 1 aliphatic rings. The van der Waals surface area contributed by atoms with Gasteiger partial charge in [0, 0.05) is 12.4 Å². The molecule has 0 unspecified atom stereocenters. The molecule has 70 valence electrons. The number of aromatic nitrogens is 1. The van der Waals surface area contributed by atoms with E-state index in [0.717, 1.165) is 6.54 Å². The third-order valence-electron chi connectivity index (χ3n) is 3.37. The molecule has 0 aromatic carbocycles. The van der Waals surface area contributed by atoms with Gasteiger partial charge in [-0.15, -0.1) is 0 Å². The first-order valence-corrected chi connectivity index (χ1v) is 4.78. The monoisotopic (exact) mass is 176 g/mol. The molecule has 0 aliphatic heterocycles. The van der Waals surface area contributed by atoms with E-state index in [1.54, 1.807) is 0 Å². The normalized spacial score (nSPS) is 30.1. The summed E-state index contributed by atoms with van der Waals surface area (Å²) < 4.78 is 0. The first kappa shape index (κ1) is 8.70. The Bertz CT molecular complexity index is 292. The van der Waals surface area contributed by atoms with Gasteiger partial charge in [0.25, 0.3) is 0 Å². The molecular weight excluding hydrogens is 160 g/mol. The van der Waals surface area contributed by atoms with Crippen molar-refractivity contribution in [3.63, 3.8) is 0 Å². The van der Waals surface area contributed by atoms with Crippen LogP contribution in [0.3, 0.4) is 0 Å². The molecule has 1 heterocycles. The zero-order chi connectivity index (χ0) is 9.47. The van der Waals surface area contributed by atoms with Gasteiger partial charge in [0.15, 0.2) is 0 Å². The lowest BCUT2D eigenvalue weighted by Gasteiger charge is -2.01. The standard InChI is InChI=1S/C11H16N2/c1-11(2)9(7-12)10(11)8-3-5-13-6-4-8/h3-6,9-10H,7,12H2,1-2H3/t9-,10-/m1/s1. The highest BCUT2D eigenvalue weighted by Gasteiger charge is 2.56. The molecule has 2 heteroatoms. The Labute approximate surface area is 79.2 Å². The molecule has 1 saturated carbocycles. The lowest BCUT2D eigenvalue weighted by molar-refractivity contribution is 0.558. The molecule has 2 atom stereocenters. The van der Waals surface area contributed by atoms with Crippen molar-refractivity contribution < 1.29 is 0 Å². The molecule has 1 fully saturated rings. The van der Waals surface area contributed by atoms with Crippen LogP contribution in [0.15, 0.2) is 24.5 Å². The molecule has 1 aromatic rings. The average Bonchev–Trinajstić information content (AvgIpc) is 2.69. The maximum atomic E-state index is 5.72. The topological polar surface area (TPSA) is 38.9 Å². The Morgan fingerprint density at radius 1 is 1.38 bits per heavy atom. The van der Waals surface area contributed by atoms with Gasteiger partial charge >= 0.3 is 0 Å². The molecule has 13 heavy (non-hydrogen) atoms. The average molecular weight is 176 g/mol. The van der Waals surface area contributed by atoms with Gasteiger partial charge in [-0.3, -0.25) is 4.98 Å². The third-order valence-corrected chi connectivity index (χ3v) is 3.37. The number of nitrogens with zero attached hydrogens (tertiary/aromatic N) is 1. The maximum absolute atomic E-state index is 5.72. The van der Waals surface area contributed by atoms with Crippen molar-refractivity contribution in [2.75, 3.05) is 6.54 Å². The van der Waals surface area contributed by atoms with E-state index in [4.69, 9.17) is 5.73 Å². The summed E-state index contributed by atoms with van der Waals surface area (Å²) in [6, 6.07) is 4.20. The van der Waals surface area contributed by atoms with E-state index in [2.05, 4.69) is 31.0 Å². The lowest BCUT2D eigenvalue weighted by atomic mass is 10.0. The second-order valence-electron chi connectivity index (χ2n) is 4.42. The molecule has 0 bridgehead atoms. The van der Waals surface area contributed by atoms with Crippen molar-refractivity contribution >= 4 is 0 Å². The summed E-state index contributed by atoms with van der Waals surface area (Å²) in [5, 5.41) is 0. The quantitative estimate of drug-likeness (QED) is 0.746. The molecule has 2 N–H and O–H groups in total. The molecule has 1 aliphatic carbocycles. The van der Waals surface area contributed by atoms with Crippen LogP contribution in [0.5, 0.6) is 0 Å². The van der Waals surface area contributed by atoms with E-state index in [9.17, 15) is 0 Å². The summed E-state index contributed by atoms with van der Waals surface area (Å²) in [6.45, 7) is 5.37. The van der Waals surface area contributed by atoms with Crippen molar-refractivity contribution in [1.29, 1.82) is 0 Å². The molecule has 0 saturated heterocycles. The van der Waals surface area contributed by atoms with Crippen LogP contribution in [-0.4, -0.2) is 11.5 Å². The van der Waals surface area contributed by atoms with Gasteiger partial charge in [-0.25, -0.2) is 0 Å². The predicted octanol–water partition coefficient (Wildman–Crippen LogP) is 1.78. The first-order valence-electron chi connectivity index (χ1n) is 4.78. The highest BCUT2D eigenvalue weighted by molar-refractivity contribution is 5.29. The Morgan fingerprint density at radius 3 is 2.46 bits per heavy atom. The largest absolute Gasteiger partial charge is 0.330 e. The zero-order valence-electron chi connectivity index (χ0n) is 8.20. The van der Waals surface area contributed by atoms with Crippen molar-refractivity contribution in [3.05, 3.63) is 30.1 Å². The number of hydrogen-bond acceptors (Lipinski definition) is 2. The smallest absolute Gasteiger partial charge is 0.0270 e. The molecular formula is C11H16N2. The number of hydrogen-bond donors (Lipinski definition) is 1. The van der Waals surface area contributed by atoms with Crippen LogP contribution in [0.2, 0.25) is 0 Å². The Morgan fingerprint density at radius 2 is 2.00 bits per heavy atom. The Hall–Kier alpha value is -0.890. The number of pyridine rings is 1. The minimum Gasteiger partial charge on any atom is -0.330 e. The summed E-state index contributed by atoms with van der Waals surface area (Å²) >= 11 is 0. The highest BCUT2D eigenvalue weighted by atomic mass is 14.7. The van der Waals surface area contributed by atoms with Gasteiger partial charge in [0.1, 0.15) is 0 Å². The third kappa shape index (κ3) is 1.25. The van der Waals surface area contributed by atoms with E-state index < -0.39 is 0 Å². The molecule has 2 nitrogen and oxygen atoms in total. The summed E-state index contributed by atoms with van der Waals surface area (Å²) in [5.41, 5.74) is 7.49. The second-order valence-corrected chi connectivity index (χ2v) is 4.42. The van der Waals surface area contributed by atoms with Crippen molar-refractivity contribution in [2.45, 2.75) is 19.8 Å². The number of nitrogens with two attached hydrogens (primary N) is 1. The van der Waals surface area contributed by atoms with Gasteiger partial charge in [0.2, 0.25) is 0 Å². The molecule has 2 rings (SSSR count). The SMILES string of the molecule is CC1(C)[C@H](CN)[C@H]1c1ccncc1. The van der Waals surface area contributed by atoms with Crippen LogP contribution >= 0.6 is 0 Å². The van der Waals surface area contributed by atoms with Crippen molar-refractivity contribution in [3.8, 4) is 0 Å². The Kier molecular flexibility index (Phi) is 1.88. The van der Waals surface area contributed by atoms with Crippen molar-refractivity contribution in [1.82, 2.24) is 4.98 Å². The van der Waals surface area contributed by atoms with E-state index in [-0.39, 0.29) is 0 Å². The van der Waals surface area contributed by atoms with Crippen LogP contribution < -0.4 is 5.73 Å². The van der Waals surface area contributed by atoms with Gasteiger partial charge in [-0.1, -0.05) is 13.8 Å². The summed E-state index contributed by atoms with van der Waals surface area (Å²) in [7, 11) is 0. The van der Waals surface area contributed by atoms with Gasteiger partial charge in [-0.2, -0.15) is 0 Å².